The molecule has 0 aliphatic carbocycles. The van der Waals surface area contributed by atoms with Crippen molar-refractivity contribution in [3.05, 3.63) is 48.6 Å². The molecule has 0 atom stereocenters. The zero-order valence-corrected chi connectivity index (χ0v) is 7.38. The summed E-state index contributed by atoms with van der Waals surface area (Å²) in [6.07, 6.45) is 13.2. The van der Waals surface area contributed by atoms with Gasteiger partial charge in [0.25, 0.3) is 0 Å². The number of rotatable bonds is 4. The Bertz CT molecular complexity index is 180. The van der Waals surface area contributed by atoms with E-state index in [9.17, 15) is 0 Å². The lowest BCUT2D eigenvalue weighted by Crippen LogP contribution is -1.65. The summed E-state index contributed by atoms with van der Waals surface area (Å²) >= 11 is 0. The van der Waals surface area contributed by atoms with Gasteiger partial charge in [0.1, 0.15) is 0 Å². The highest BCUT2D eigenvalue weighted by molar-refractivity contribution is 5.20. The molecule has 0 saturated carbocycles. The summed E-state index contributed by atoms with van der Waals surface area (Å²) in [4.78, 5) is 0. The number of hydrogen-bond acceptors (Lipinski definition) is 0. The first-order chi connectivity index (χ1) is 5.31. The summed E-state index contributed by atoms with van der Waals surface area (Å²) in [5.41, 5.74) is 1.24. The normalized spacial score (nSPS) is 13.1. The second-order valence-corrected chi connectivity index (χ2v) is 2.35. The summed E-state index contributed by atoms with van der Waals surface area (Å²) in [5.74, 6) is 0. The molecule has 0 bridgehead atoms. The molecule has 0 N–H and O–H groups in total. The Balaban J connectivity index is 3.73. The molecule has 0 radical (unpaired) electrons. The van der Waals surface area contributed by atoms with Gasteiger partial charge in [-0.3, -0.25) is 0 Å². The molecule has 60 valence electrons. The van der Waals surface area contributed by atoms with Crippen molar-refractivity contribution in [3.8, 4) is 0 Å². The average Bonchev–Trinajstić information content (AvgIpc) is 1.99. The predicted molar refractivity (Wildman–Crippen MR) is 52.5 cm³/mol. The maximum atomic E-state index is 3.62. The molecule has 0 nitrogen and oxygen atoms in total. The monoisotopic (exact) mass is 148 g/mol. The summed E-state index contributed by atoms with van der Waals surface area (Å²) in [6.45, 7) is 7.71. The van der Waals surface area contributed by atoms with Crippen molar-refractivity contribution in [2.75, 3.05) is 0 Å². The lowest BCUT2D eigenvalue weighted by molar-refractivity contribution is 1.36. The third kappa shape index (κ3) is 6.85. The van der Waals surface area contributed by atoms with Crippen LogP contribution in [0.4, 0.5) is 0 Å². The van der Waals surface area contributed by atoms with E-state index >= 15 is 0 Å². The van der Waals surface area contributed by atoms with Crippen LogP contribution in [-0.4, -0.2) is 0 Å². The maximum absolute atomic E-state index is 3.62. The number of allylic oxidation sites excluding steroid dienone is 7. The van der Waals surface area contributed by atoms with Crippen LogP contribution in [0, 0.1) is 0 Å². The topological polar surface area (TPSA) is 0 Å². The molecule has 0 spiro atoms. The third-order valence-corrected chi connectivity index (χ3v) is 1.27. The van der Waals surface area contributed by atoms with Gasteiger partial charge in [-0.25, -0.2) is 0 Å². The van der Waals surface area contributed by atoms with Crippen LogP contribution in [-0.2, 0) is 0 Å². The Morgan fingerprint density at radius 3 is 2.64 bits per heavy atom. The van der Waals surface area contributed by atoms with Crippen molar-refractivity contribution < 1.29 is 0 Å². The van der Waals surface area contributed by atoms with Gasteiger partial charge in [0.05, 0.1) is 0 Å². The molecule has 0 aromatic carbocycles. The molecule has 0 aliphatic heterocycles. The van der Waals surface area contributed by atoms with E-state index in [0.29, 0.717) is 0 Å². The van der Waals surface area contributed by atoms with Crippen LogP contribution in [0.1, 0.15) is 20.3 Å². The highest BCUT2D eigenvalue weighted by atomic mass is 13.8. The number of hydrogen-bond donors (Lipinski definition) is 0. The van der Waals surface area contributed by atoms with Crippen LogP contribution in [0.25, 0.3) is 0 Å². The summed E-state index contributed by atoms with van der Waals surface area (Å²) in [5, 5.41) is 0. The molecule has 0 rings (SSSR count). The minimum Gasteiger partial charge on any atom is -0.0991 e. The van der Waals surface area contributed by atoms with E-state index in [1.807, 2.05) is 13.0 Å². The molecule has 0 fully saturated rings. The zero-order valence-electron chi connectivity index (χ0n) is 7.38. The van der Waals surface area contributed by atoms with Crippen LogP contribution in [0.15, 0.2) is 48.6 Å². The molecule has 0 aromatic rings. The third-order valence-electron chi connectivity index (χ3n) is 1.27. The molecule has 0 saturated heterocycles. The van der Waals surface area contributed by atoms with Crippen LogP contribution in [0.2, 0.25) is 0 Å². The quantitative estimate of drug-likeness (QED) is 0.422. The fourth-order valence-electron chi connectivity index (χ4n) is 0.710. The maximum Gasteiger partial charge on any atom is -0.0166 e. The van der Waals surface area contributed by atoms with Gasteiger partial charge in [-0.1, -0.05) is 48.6 Å². The van der Waals surface area contributed by atoms with Gasteiger partial charge in [0.2, 0.25) is 0 Å². The first kappa shape index (κ1) is 9.96. The van der Waals surface area contributed by atoms with Crippen LogP contribution < -0.4 is 0 Å². The highest BCUT2D eigenvalue weighted by Gasteiger charge is 1.75. The van der Waals surface area contributed by atoms with Gasteiger partial charge in [0, 0.05) is 0 Å². The Kier molecular flexibility index (Phi) is 6.40. The molecule has 0 unspecified atom stereocenters. The Hall–Kier alpha value is -1.04. The smallest absolute Gasteiger partial charge is 0.0166 e. The average molecular weight is 148 g/mol. The van der Waals surface area contributed by atoms with E-state index in [-0.39, 0.29) is 0 Å². The Labute approximate surface area is 69.6 Å². The van der Waals surface area contributed by atoms with E-state index in [2.05, 4.69) is 37.8 Å². The van der Waals surface area contributed by atoms with E-state index < -0.39 is 0 Å². The highest BCUT2D eigenvalue weighted by Crippen LogP contribution is 1.96. The molecular weight excluding hydrogens is 132 g/mol. The van der Waals surface area contributed by atoms with Gasteiger partial charge >= 0.3 is 0 Å². The Morgan fingerprint density at radius 2 is 2.09 bits per heavy atom. The van der Waals surface area contributed by atoms with Crippen molar-refractivity contribution in [1.82, 2.24) is 0 Å². The van der Waals surface area contributed by atoms with Crippen molar-refractivity contribution in [3.63, 3.8) is 0 Å². The fraction of sp³-hybridized carbons (Fsp3) is 0.273. The van der Waals surface area contributed by atoms with Crippen LogP contribution >= 0.6 is 0 Å². The lowest BCUT2D eigenvalue weighted by atomic mass is 10.2. The first-order valence-electron chi connectivity index (χ1n) is 3.88. The molecule has 11 heavy (non-hydrogen) atoms. The first-order valence-corrected chi connectivity index (χ1v) is 3.88. The molecule has 0 amide bonds. The molecular formula is C11H16. The second-order valence-electron chi connectivity index (χ2n) is 2.35. The minimum atomic E-state index is 1.01. The zero-order chi connectivity index (χ0) is 8.53. The van der Waals surface area contributed by atoms with E-state index in [0.717, 1.165) is 6.42 Å². The molecule has 0 heterocycles. The van der Waals surface area contributed by atoms with Gasteiger partial charge < -0.3 is 0 Å². The van der Waals surface area contributed by atoms with E-state index in [1.54, 1.807) is 6.08 Å². The predicted octanol–water partition coefficient (Wildman–Crippen LogP) is 3.64. The van der Waals surface area contributed by atoms with Crippen molar-refractivity contribution >= 4 is 0 Å². The van der Waals surface area contributed by atoms with Gasteiger partial charge in [-0.2, -0.15) is 0 Å². The Morgan fingerprint density at radius 1 is 1.36 bits per heavy atom. The lowest BCUT2D eigenvalue weighted by Gasteiger charge is -1.86. The largest absolute Gasteiger partial charge is 0.0991 e. The van der Waals surface area contributed by atoms with Gasteiger partial charge in [-0.05, 0) is 20.3 Å². The van der Waals surface area contributed by atoms with Gasteiger partial charge in [0.15, 0.2) is 0 Å². The van der Waals surface area contributed by atoms with Crippen molar-refractivity contribution in [2.24, 2.45) is 0 Å². The van der Waals surface area contributed by atoms with Crippen LogP contribution in [0.3, 0.4) is 0 Å². The molecule has 0 heteroatoms. The fourth-order valence-corrected chi connectivity index (χ4v) is 0.710. The standard InChI is InChI=1S/C11H16/c1-4-6-7-8-10-11(3)9-5-2/h4-6,8-10H,2,7H2,1,3H3. The van der Waals surface area contributed by atoms with E-state index in [4.69, 9.17) is 0 Å². The molecule has 0 aliphatic rings. The van der Waals surface area contributed by atoms with Crippen molar-refractivity contribution in [2.45, 2.75) is 20.3 Å². The second kappa shape index (κ2) is 7.07. The summed E-state index contributed by atoms with van der Waals surface area (Å²) < 4.78 is 0. The van der Waals surface area contributed by atoms with Gasteiger partial charge in [-0.15, -0.1) is 0 Å². The summed E-state index contributed by atoms with van der Waals surface area (Å²) in [7, 11) is 0. The molecule has 0 aromatic heterocycles. The van der Waals surface area contributed by atoms with Crippen LogP contribution in [0.5, 0.6) is 0 Å². The van der Waals surface area contributed by atoms with E-state index in [1.165, 1.54) is 5.57 Å². The SMILES string of the molecule is C=CC=C(C)C=CCC=CC. The minimum absolute atomic E-state index is 1.01. The van der Waals surface area contributed by atoms with Crippen molar-refractivity contribution in [1.29, 1.82) is 0 Å². The summed E-state index contributed by atoms with van der Waals surface area (Å²) in [6, 6.07) is 0.